The Morgan fingerprint density at radius 1 is 1.58 bits per heavy atom. The number of carbonyl (C=O) groups excluding carboxylic acids is 1. The molecule has 19 heavy (non-hydrogen) atoms. The maximum absolute atomic E-state index is 11.0. The molecule has 0 saturated carbocycles. The first kappa shape index (κ1) is 13.8. The second-order valence-electron chi connectivity index (χ2n) is 5.63. The van der Waals surface area contributed by atoms with Gasteiger partial charge < -0.3 is 9.52 Å². The molecular weight excluding hydrogens is 240 g/mol. The first-order valence-electron chi connectivity index (χ1n) is 6.41. The molecule has 0 spiro atoms. The Hall–Kier alpha value is -1.61. The Bertz CT molecular complexity index is 553. The molecule has 0 unspecified atom stereocenters. The van der Waals surface area contributed by atoms with Gasteiger partial charge in [-0.1, -0.05) is 25.2 Å². The highest BCUT2D eigenvalue weighted by atomic mass is 16.4. The van der Waals surface area contributed by atoms with E-state index < -0.39 is 11.5 Å². The van der Waals surface area contributed by atoms with Crippen molar-refractivity contribution in [3.63, 3.8) is 0 Å². The maximum Gasteiger partial charge on any atom is 0.185 e. The van der Waals surface area contributed by atoms with Gasteiger partial charge in [-0.2, -0.15) is 0 Å². The molecule has 0 amide bonds. The molecule has 1 aliphatic carbocycles. The lowest BCUT2D eigenvalue weighted by atomic mass is 9.63. The minimum Gasteiger partial charge on any atom is -0.455 e. The smallest absolute Gasteiger partial charge is 0.185 e. The van der Waals surface area contributed by atoms with E-state index in [2.05, 4.69) is 13.2 Å². The minimum absolute atomic E-state index is 0.0864. The maximum atomic E-state index is 11.0. The number of aliphatic hydroxyl groups excluding tert-OH is 1. The van der Waals surface area contributed by atoms with Gasteiger partial charge in [0.05, 0.1) is 0 Å². The summed E-state index contributed by atoms with van der Waals surface area (Å²) in [5, 5.41) is 10.6. The van der Waals surface area contributed by atoms with E-state index in [-0.39, 0.29) is 5.92 Å². The molecule has 0 saturated heterocycles. The number of rotatable bonds is 3. The molecule has 0 radical (unpaired) electrons. The molecule has 3 atom stereocenters. The molecule has 1 aromatic rings. The molecule has 3 heteroatoms. The molecule has 3 nitrogen and oxygen atoms in total. The van der Waals surface area contributed by atoms with Crippen LogP contribution >= 0.6 is 0 Å². The van der Waals surface area contributed by atoms with E-state index in [1.807, 2.05) is 20.8 Å². The van der Waals surface area contributed by atoms with Gasteiger partial charge in [0.15, 0.2) is 12.0 Å². The van der Waals surface area contributed by atoms with Crippen molar-refractivity contribution in [2.75, 3.05) is 0 Å². The number of carbonyl (C=O) groups is 1. The van der Waals surface area contributed by atoms with Gasteiger partial charge in [0, 0.05) is 16.5 Å². The van der Waals surface area contributed by atoms with Crippen molar-refractivity contribution >= 4 is 6.29 Å². The Morgan fingerprint density at radius 2 is 2.21 bits per heavy atom. The third-order valence-corrected chi connectivity index (χ3v) is 4.48. The van der Waals surface area contributed by atoms with Crippen LogP contribution in [0, 0.1) is 18.3 Å². The highest BCUT2D eigenvalue weighted by molar-refractivity contribution is 5.74. The number of aliphatic hydroxyl groups is 1. The van der Waals surface area contributed by atoms with Crippen molar-refractivity contribution in [2.24, 2.45) is 11.3 Å². The van der Waals surface area contributed by atoms with E-state index >= 15 is 0 Å². The van der Waals surface area contributed by atoms with Gasteiger partial charge in [-0.3, -0.25) is 4.79 Å². The fourth-order valence-electron chi connectivity index (χ4n) is 3.03. The van der Waals surface area contributed by atoms with Crippen LogP contribution in [0.4, 0.5) is 0 Å². The van der Waals surface area contributed by atoms with Crippen LogP contribution in [0.2, 0.25) is 0 Å². The van der Waals surface area contributed by atoms with Crippen molar-refractivity contribution in [3.05, 3.63) is 47.5 Å². The lowest BCUT2D eigenvalue weighted by Gasteiger charge is -2.42. The van der Waals surface area contributed by atoms with Crippen LogP contribution < -0.4 is 0 Å². The van der Waals surface area contributed by atoms with Crippen molar-refractivity contribution in [1.29, 1.82) is 0 Å². The summed E-state index contributed by atoms with van der Waals surface area (Å²) in [5.41, 5.74) is 2.23. The second kappa shape index (κ2) is 4.49. The van der Waals surface area contributed by atoms with Crippen molar-refractivity contribution < 1.29 is 14.3 Å². The van der Waals surface area contributed by atoms with Gasteiger partial charge in [0.1, 0.15) is 11.9 Å². The lowest BCUT2D eigenvalue weighted by molar-refractivity contribution is 0.00908. The fraction of sp³-hybridized carbons (Fsp3) is 0.438. The third kappa shape index (κ3) is 1.80. The summed E-state index contributed by atoms with van der Waals surface area (Å²) in [7, 11) is 0. The van der Waals surface area contributed by atoms with Crippen molar-refractivity contribution in [3.8, 4) is 0 Å². The highest BCUT2D eigenvalue weighted by Crippen LogP contribution is 2.52. The van der Waals surface area contributed by atoms with Gasteiger partial charge in [-0.05, 0) is 26.2 Å². The molecule has 1 aliphatic rings. The van der Waals surface area contributed by atoms with E-state index in [0.29, 0.717) is 24.2 Å². The van der Waals surface area contributed by atoms with Gasteiger partial charge in [0.2, 0.25) is 0 Å². The topological polar surface area (TPSA) is 50.4 Å². The summed E-state index contributed by atoms with van der Waals surface area (Å²) in [6.45, 7) is 13.6. The Labute approximate surface area is 113 Å². The summed E-state index contributed by atoms with van der Waals surface area (Å²) in [4.78, 5) is 11.0. The van der Waals surface area contributed by atoms with E-state index in [4.69, 9.17) is 4.42 Å². The van der Waals surface area contributed by atoms with Crippen LogP contribution in [0.15, 0.2) is 29.2 Å². The number of allylic oxidation sites excluding steroid dienone is 1. The summed E-state index contributed by atoms with van der Waals surface area (Å²) in [6, 6.07) is 0. The summed E-state index contributed by atoms with van der Waals surface area (Å²) in [5.74, 6) is 0.889. The molecule has 1 N–H and O–H groups in total. The largest absolute Gasteiger partial charge is 0.455 e. The Kier molecular flexibility index (Phi) is 3.27. The molecule has 0 bridgehead atoms. The van der Waals surface area contributed by atoms with Gasteiger partial charge >= 0.3 is 0 Å². The first-order chi connectivity index (χ1) is 8.86. The monoisotopic (exact) mass is 260 g/mol. The molecule has 1 aromatic heterocycles. The van der Waals surface area contributed by atoms with Crippen molar-refractivity contribution in [2.45, 2.75) is 33.3 Å². The zero-order chi connectivity index (χ0) is 14.4. The fourth-order valence-corrected chi connectivity index (χ4v) is 3.03. The summed E-state index contributed by atoms with van der Waals surface area (Å²) in [6.07, 6.45) is 2.37. The number of hydrogen-bond donors (Lipinski definition) is 1. The Morgan fingerprint density at radius 3 is 2.68 bits per heavy atom. The second-order valence-corrected chi connectivity index (χ2v) is 5.63. The molecular formula is C16H20O3. The SMILES string of the molecule is C=C[C@]1(C)[C@H](O)c2oc(C=O)c(C)c2C[C@H]1C(=C)C. The zero-order valence-electron chi connectivity index (χ0n) is 11.7. The van der Waals surface area contributed by atoms with Crippen LogP contribution in [0.5, 0.6) is 0 Å². The average molecular weight is 260 g/mol. The molecule has 0 fully saturated rings. The molecule has 0 aromatic carbocycles. The van der Waals surface area contributed by atoms with Gasteiger partial charge in [0.25, 0.3) is 0 Å². The highest BCUT2D eigenvalue weighted by Gasteiger charge is 2.47. The van der Waals surface area contributed by atoms with Gasteiger partial charge in [-0.25, -0.2) is 0 Å². The van der Waals surface area contributed by atoms with Crippen LogP contribution in [0.3, 0.4) is 0 Å². The number of aldehydes is 1. The number of furan rings is 1. The van der Waals surface area contributed by atoms with Crippen LogP contribution in [0.1, 0.15) is 47.4 Å². The van der Waals surface area contributed by atoms with Crippen LogP contribution in [-0.4, -0.2) is 11.4 Å². The summed E-state index contributed by atoms with van der Waals surface area (Å²) < 4.78 is 5.53. The molecule has 0 aliphatic heterocycles. The zero-order valence-corrected chi connectivity index (χ0v) is 11.7. The normalized spacial score (nSPS) is 29.7. The van der Waals surface area contributed by atoms with Crippen LogP contribution in [0.25, 0.3) is 0 Å². The van der Waals surface area contributed by atoms with Crippen molar-refractivity contribution in [1.82, 2.24) is 0 Å². The van der Waals surface area contributed by atoms with E-state index in [1.165, 1.54) is 0 Å². The summed E-state index contributed by atoms with van der Waals surface area (Å²) >= 11 is 0. The quantitative estimate of drug-likeness (QED) is 0.669. The van der Waals surface area contributed by atoms with E-state index in [1.54, 1.807) is 6.08 Å². The van der Waals surface area contributed by atoms with E-state index in [0.717, 1.165) is 16.7 Å². The molecule has 1 heterocycles. The number of fused-ring (bicyclic) bond motifs is 1. The van der Waals surface area contributed by atoms with Crippen LogP contribution in [-0.2, 0) is 6.42 Å². The minimum atomic E-state index is -0.803. The molecule has 2 rings (SSSR count). The predicted octanol–water partition coefficient (Wildman–Crippen LogP) is 3.37. The first-order valence-corrected chi connectivity index (χ1v) is 6.41. The third-order valence-electron chi connectivity index (χ3n) is 4.48. The van der Waals surface area contributed by atoms with E-state index in [9.17, 15) is 9.90 Å². The Balaban J connectivity index is 2.63. The average Bonchev–Trinajstić information content (AvgIpc) is 2.70. The predicted molar refractivity (Wildman–Crippen MR) is 74.1 cm³/mol. The van der Waals surface area contributed by atoms with Gasteiger partial charge in [-0.15, -0.1) is 6.58 Å². The molecule has 102 valence electrons. The standard InChI is InChI=1S/C16H20O3/c1-6-16(5)12(9(2)3)7-11-10(4)13(8-17)19-14(11)15(16)18/h6,8,12,15,18H,1-2,7H2,3-5H3/t12-,15+,16-/m0/s1. The number of hydrogen-bond acceptors (Lipinski definition) is 3. The lowest BCUT2D eigenvalue weighted by Crippen LogP contribution is -2.38.